The van der Waals surface area contributed by atoms with Gasteiger partial charge in [-0.1, -0.05) is 41.5 Å². The van der Waals surface area contributed by atoms with Crippen LogP contribution in [-0.4, -0.2) is 47.2 Å². The van der Waals surface area contributed by atoms with Gasteiger partial charge in [0.1, 0.15) is 0 Å². The molecule has 0 bridgehead atoms. The predicted octanol–water partition coefficient (Wildman–Crippen LogP) is 2.70. The fraction of sp³-hybridized carbons (Fsp3) is 0.211. The largest absolute Gasteiger partial charge is 0.403 e. The van der Waals surface area contributed by atoms with E-state index in [1.807, 2.05) is 70.5 Å². The standard InChI is InChI=1S/C19H18N4O2/c24-18(16-9-5-2-6-10-16)22-11-13-23(14-12-22)19-21-20-17(25-19)15-7-3-1-4-8-15/h1-10H,11-14H2. The van der Waals surface area contributed by atoms with Crippen LogP contribution in [0.2, 0.25) is 0 Å². The first kappa shape index (κ1) is 15.4. The van der Waals surface area contributed by atoms with Crippen molar-refractivity contribution < 1.29 is 9.21 Å². The van der Waals surface area contributed by atoms with E-state index >= 15 is 0 Å². The Morgan fingerprint density at radius 1 is 0.840 bits per heavy atom. The minimum atomic E-state index is 0.0655. The molecule has 4 rings (SSSR count). The highest BCUT2D eigenvalue weighted by atomic mass is 16.4. The molecule has 1 fully saturated rings. The van der Waals surface area contributed by atoms with E-state index in [1.165, 1.54) is 0 Å². The van der Waals surface area contributed by atoms with Gasteiger partial charge in [-0.05, 0) is 24.3 Å². The van der Waals surface area contributed by atoms with Gasteiger partial charge in [0, 0.05) is 37.3 Å². The number of carbonyl (C=O) groups excluding carboxylic acids is 1. The Morgan fingerprint density at radius 3 is 2.16 bits per heavy atom. The van der Waals surface area contributed by atoms with Crippen LogP contribution in [0.25, 0.3) is 11.5 Å². The lowest BCUT2D eigenvalue weighted by Gasteiger charge is -2.33. The lowest BCUT2D eigenvalue weighted by atomic mass is 10.2. The highest BCUT2D eigenvalue weighted by Gasteiger charge is 2.25. The third kappa shape index (κ3) is 3.24. The molecule has 6 heteroatoms. The molecule has 0 saturated carbocycles. The van der Waals surface area contributed by atoms with Crippen LogP contribution >= 0.6 is 0 Å². The molecule has 0 unspecified atom stereocenters. The molecular weight excluding hydrogens is 316 g/mol. The summed E-state index contributed by atoms with van der Waals surface area (Å²) in [5, 5.41) is 8.27. The van der Waals surface area contributed by atoms with E-state index in [0.717, 1.165) is 11.1 Å². The third-order valence-corrected chi connectivity index (χ3v) is 4.29. The lowest BCUT2D eigenvalue weighted by molar-refractivity contribution is 0.0745. The van der Waals surface area contributed by atoms with Gasteiger partial charge in [-0.2, -0.15) is 0 Å². The first-order valence-electron chi connectivity index (χ1n) is 8.29. The Labute approximate surface area is 145 Å². The Balaban J connectivity index is 1.41. The third-order valence-electron chi connectivity index (χ3n) is 4.29. The summed E-state index contributed by atoms with van der Waals surface area (Å²) < 4.78 is 5.79. The van der Waals surface area contributed by atoms with Gasteiger partial charge in [0.2, 0.25) is 5.89 Å². The Bertz CT molecular complexity index is 840. The smallest absolute Gasteiger partial charge is 0.318 e. The molecule has 0 radical (unpaired) electrons. The fourth-order valence-electron chi connectivity index (χ4n) is 2.90. The van der Waals surface area contributed by atoms with Crippen LogP contribution in [0.15, 0.2) is 65.1 Å². The number of carbonyl (C=O) groups is 1. The molecule has 1 aromatic heterocycles. The van der Waals surface area contributed by atoms with Crippen molar-refractivity contribution in [2.45, 2.75) is 0 Å². The number of amides is 1. The van der Waals surface area contributed by atoms with Crippen molar-refractivity contribution in [1.82, 2.24) is 15.1 Å². The molecule has 1 aliphatic rings. The predicted molar refractivity (Wildman–Crippen MR) is 94.3 cm³/mol. The summed E-state index contributed by atoms with van der Waals surface area (Å²) in [6, 6.07) is 19.6. The molecule has 126 valence electrons. The van der Waals surface area contributed by atoms with E-state index in [4.69, 9.17) is 4.42 Å². The Morgan fingerprint density at radius 2 is 1.48 bits per heavy atom. The van der Waals surface area contributed by atoms with Crippen LogP contribution in [0.1, 0.15) is 10.4 Å². The second-order valence-corrected chi connectivity index (χ2v) is 5.90. The van der Waals surface area contributed by atoms with Crippen LogP contribution < -0.4 is 4.90 Å². The van der Waals surface area contributed by atoms with E-state index in [1.54, 1.807) is 0 Å². The number of hydrogen-bond donors (Lipinski definition) is 0. The second-order valence-electron chi connectivity index (χ2n) is 5.90. The van der Waals surface area contributed by atoms with Crippen LogP contribution in [0.3, 0.4) is 0 Å². The number of aromatic nitrogens is 2. The molecule has 6 nitrogen and oxygen atoms in total. The van der Waals surface area contributed by atoms with Crippen molar-refractivity contribution in [1.29, 1.82) is 0 Å². The number of rotatable bonds is 3. The van der Waals surface area contributed by atoms with Crippen LogP contribution in [0.4, 0.5) is 6.01 Å². The zero-order valence-electron chi connectivity index (χ0n) is 13.7. The van der Waals surface area contributed by atoms with Gasteiger partial charge in [0.05, 0.1) is 0 Å². The van der Waals surface area contributed by atoms with Crippen LogP contribution in [0.5, 0.6) is 0 Å². The number of hydrogen-bond acceptors (Lipinski definition) is 5. The van der Waals surface area contributed by atoms with Crippen molar-refractivity contribution in [2.75, 3.05) is 31.1 Å². The van der Waals surface area contributed by atoms with Gasteiger partial charge in [-0.25, -0.2) is 0 Å². The van der Waals surface area contributed by atoms with Crippen LogP contribution in [-0.2, 0) is 0 Å². The van der Waals surface area contributed by atoms with Crippen molar-refractivity contribution in [3.05, 3.63) is 66.2 Å². The molecular formula is C19H18N4O2. The van der Waals surface area contributed by atoms with Gasteiger partial charge in [0.25, 0.3) is 5.91 Å². The quantitative estimate of drug-likeness (QED) is 0.737. The zero-order chi connectivity index (χ0) is 17.1. The molecule has 1 aliphatic heterocycles. The van der Waals surface area contributed by atoms with Crippen LogP contribution in [0, 0.1) is 0 Å². The second kappa shape index (κ2) is 6.76. The lowest BCUT2D eigenvalue weighted by Crippen LogP contribution is -2.48. The highest BCUT2D eigenvalue weighted by molar-refractivity contribution is 5.94. The molecule has 3 aromatic rings. The summed E-state index contributed by atoms with van der Waals surface area (Å²) >= 11 is 0. The van der Waals surface area contributed by atoms with Gasteiger partial charge < -0.3 is 14.2 Å². The SMILES string of the molecule is O=C(c1ccccc1)N1CCN(c2nnc(-c3ccccc3)o2)CC1. The maximum atomic E-state index is 12.5. The normalized spacial score (nSPS) is 14.6. The fourth-order valence-corrected chi connectivity index (χ4v) is 2.90. The Kier molecular flexibility index (Phi) is 4.16. The molecule has 2 aromatic carbocycles. The minimum Gasteiger partial charge on any atom is -0.403 e. The molecule has 25 heavy (non-hydrogen) atoms. The number of piperazine rings is 1. The summed E-state index contributed by atoms with van der Waals surface area (Å²) in [7, 11) is 0. The van der Waals surface area contributed by atoms with Crippen molar-refractivity contribution in [3.8, 4) is 11.5 Å². The number of anilines is 1. The van der Waals surface area contributed by atoms with Crippen molar-refractivity contribution in [3.63, 3.8) is 0 Å². The topological polar surface area (TPSA) is 62.5 Å². The van der Waals surface area contributed by atoms with E-state index in [0.29, 0.717) is 38.1 Å². The number of benzene rings is 2. The molecule has 2 heterocycles. The van der Waals surface area contributed by atoms with Gasteiger partial charge in [-0.3, -0.25) is 4.79 Å². The summed E-state index contributed by atoms with van der Waals surface area (Å²) in [6.45, 7) is 2.62. The molecule has 1 saturated heterocycles. The summed E-state index contributed by atoms with van der Waals surface area (Å²) in [6.07, 6.45) is 0. The van der Waals surface area contributed by atoms with E-state index in [9.17, 15) is 4.79 Å². The Hall–Kier alpha value is -3.15. The van der Waals surface area contributed by atoms with Gasteiger partial charge in [0.15, 0.2) is 0 Å². The van der Waals surface area contributed by atoms with E-state index in [2.05, 4.69) is 10.2 Å². The molecule has 0 aliphatic carbocycles. The van der Waals surface area contributed by atoms with Crippen molar-refractivity contribution >= 4 is 11.9 Å². The molecule has 0 atom stereocenters. The maximum absolute atomic E-state index is 12.5. The van der Waals surface area contributed by atoms with E-state index in [-0.39, 0.29) is 5.91 Å². The molecule has 0 spiro atoms. The minimum absolute atomic E-state index is 0.0655. The monoisotopic (exact) mass is 334 g/mol. The summed E-state index contributed by atoms with van der Waals surface area (Å²) in [4.78, 5) is 16.4. The zero-order valence-corrected chi connectivity index (χ0v) is 13.7. The summed E-state index contributed by atoms with van der Waals surface area (Å²) in [5.41, 5.74) is 1.62. The number of nitrogens with zero attached hydrogens (tertiary/aromatic N) is 4. The first-order valence-corrected chi connectivity index (χ1v) is 8.29. The average molecular weight is 334 g/mol. The maximum Gasteiger partial charge on any atom is 0.318 e. The molecule has 1 amide bonds. The van der Waals surface area contributed by atoms with Crippen molar-refractivity contribution in [2.24, 2.45) is 0 Å². The van der Waals surface area contributed by atoms with Gasteiger partial charge in [-0.15, -0.1) is 5.10 Å². The van der Waals surface area contributed by atoms with Gasteiger partial charge >= 0.3 is 6.01 Å². The summed E-state index contributed by atoms with van der Waals surface area (Å²) in [5.74, 6) is 0.578. The first-order chi connectivity index (χ1) is 12.3. The van der Waals surface area contributed by atoms with E-state index < -0.39 is 0 Å². The average Bonchev–Trinajstić information content (AvgIpc) is 3.19. The highest BCUT2D eigenvalue weighted by Crippen LogP contribution is 2.22. The molecule has 0 N–H and O–H groups in total.